The van der Waals surface area contributed by atoms with E-state index in [0.717, 1.165) is 6.07 Å². The Hall–Kier alpha value is -1.82. The fourth-order valence-corrected chi connectivity index (χ4v) is 0.850. The van der Waals surface area contributed by atoms with E-state index >= 15 is 0 Å². The van der Waals surface area contributed by atoms with E-state index in [1.165, 1.54) is 12.1 Å². The van der Waals surface area contributed by atoms with Gasteiger partial charge in [-0.2, -0.15) is 0 Å². The van der Waals surface area contributed by atoms with Crippen LogP contribution in [0.3, 0.4) is 0 Å². The molecule has 0 N–H and O–H groups in total. The number of aldehydes is 1. The van der Waals surface area contributed by atoms with Crippen LogP contribution in [0.15, 0.2) is 18.2 Å². The van der Waals surface area contributed by atoms with Crippen LogP contribution in [0.1, 0.15) is 10.4 Å². The topological polar surface area (TPSA) is 26.3 Å². The van der Waals surface area contributed by atoms with Gasteiger partial charge in [-0.3, -0.25) is 4.79 Å². The summed E-state index contributed by atoms with van der Waals surface area (Å²) >= 11 is 0. The second-order valence-corrected chi connectivity index (χ2v) is 2.29. The maximum atomic E-state index is 12.7. The van der Waals surface area contributed by atoms with Crippen LogP contribution in [0.5, 0.6) is 5.75 Å². The summed E-state index contributed by atoms with van der Waals surface area (Å²) in [6.07, 6.45) is 5.54. The van der Waals surface area contributed by atoms with Crippen LogP contribution >= 0.6 is 0 Å². The molecule has 0 atom stereocenters. The normalized spacial score (nSPS) is 8.92. The van der Waals surface area contributed by atoms with E-state index in [0.29, 0.717) is 6.29 Å². The number of carbonyl (C=O) groups is 1. The highest BCUT2D eigenvalue weighted by Gasteiger charge is 2.03. The van der Waals surface area contributed by atoms with Crippen LogP contribution < -0.4 is 4.74 Å². The first kappa shape index (κ1) is 9.27. The zero-order chi connectivity index (χ0) is 9.68. The van der Waals surface area contributed by atoms with Crippen molar-refractivity contribution in [1.82, 2.24) is 0 Å². The number of ether oxygens (including phenoxy) is 1. The molecule has 1 aromatic rings. The second-order valence-electron chi connectivity index (χ2n) is 2.29. The van der Waals surface area contributed by atoms with Crippen LogP contribution in [0.25, 0.3) is 0 Å². The van der Waals surface area contributed by atoms with Crippen LogP contribution in [-0.4, -0.2) is 12.9 Å². The lowest BCUT2D eigenvalue weighted by Crippen LogP contribution is -1.97. The Morgan fingerprint density at radius 2 is 2.38 bits per heavy atom. The van der Waals surface area contributed by atoms with Crippen molar-refractivity contribution in [1.29, 1.82) is 0 Å². The third-order valence-electron chi connectivity index (χ3n) is 1.41. The van der Waals surface area contributed by atoms with Crippen LogP contribution in [0, 0.1) is 18.2 Å². The zero-order valence-corrected chi connectivity index (χ0v) is 6.79. The average molecular weight is 178 g/mol. The Bertz CT molecular complexity index is 352. The lowest BCUT2D eigenvalue weighted by atomic mass is 10.2. The maximum absolute atomic E-state index is 12.7. The molecule has 2 nitrogen and oxygen atoms in total. The lowest BCUT2D eigenvalue weighted by molar-refractivity contribution is 0.112. The highest BCUT2D eigenvalue weighted by Crippen LogP contribution is 2.17. The molecule has 0 aliphatic heterocycles. The Balaban J connectivity index is 2.95. The van der Waals surface area contributed by atoms with Gasteiger partial charge in [-0.25, -0.2) is 4.39 Å². The fraction of sp³-hybridized carbons (Fsp3) is 0.100. The monoisotopic (exact) mass is 178 g/mol. The van der Waals surface area contributed by atoms with Crippen molar-refractivity contribution >= 4 is 6.29 Å². The van der Waals surface area contributed by atoms with E-state index in [4.69, 9.17) is 11.2 Å². The van der Waals surface area contributed by atoms with Crippen molar-refractivity contribution in [2.24, 2.45) is 0 Å². The van der Waals surface area contributed by atoms with Crippen molar-refractivity contribution in [3.05, 3.63) is 29.6 Å². The maximum Gasteiger partial charge on any atom is 0.153 e. The van der Waals surface area contributed by atoms with Gasteiger partial charge in [0.2, 0.25) is 0 Å². The Morgan fingerprint density at radius 3 is 3.00 bits per heavy atom. The number of terminal acetylenes is 1. The highest BCUT2D eigenvalue weighted by molar-refractivity contribution is 5.79. The van der Waals surface area contributed by atoms with E-state index in [1.54, 1.807) is 0 Å². The highest BCUT2D eigenvalue weighted by atomic mass is 19.1. The quantitative estimate of drug-likeness (QED) is 0.519. The third-order valence-corrected chi connectivity index (χ3v) is 1.41. The number of carbonyl (C=O) groups excluding carboxylic acids is 1. The molecule has 1 aromatic carbocycles. The first-order valence-electron chi connectivity index (χ1n) is 3.59. The molecule has 0 aliphatic rings. The van der Waals surface area contributed by atoms with E-state index in [1.807, 2.05) is 0 Å². The molecule has 0 heterocycles. The van der Waals surface area contributed by atoms with E-state index < -0.39 is 5.82 Å². The number of halogens is 1. The Morgan fingerprint density at radius 1 is 1.62 bits per heavy atom. The minimum absolute atomic E-state index is 0.0181. The molecule has 0 saturated carbocycles. The van der Waals surface area contributed by atoms with Crippen molar-refractivity contribution in [2.45, 2.75) is 0 Å². The van der Waals surface area contributed by atoms with Gasteiger partial charge in [-0.15, -0.1) is 6.42 Å². The summed E-state index contributed by atoms with van der Waals surface area (Å²) in [7, 11) is 0. The summed E-state index contributed by atoms with van der Waals surface area (Å²) in [5.74, 6) is 1.94. The minimum Gasteiger partial charge on any atom is -0.480 e. The number of hydrogen-bond acceptors (Lipinski definition) is 2. The molecule has 0 radical (unpaired) electrons. The summed E-state index contributed by atoms with van der Waals surface area (Å²) in [5.41, 5.74) is 0.289. The fourth-order valence-electron chi connectivity index (χ4n) is 0.850. The summed E-state index contributed by atoms with van der Waals surface area (Å²) in [6, 6.07) is 3.65. The predicted molar refractivity (Wildman–Crippen MR) is 46.1 cm³/mol. The lowest BCUT2D eigenvalue weighted by Gasteiger charge is -2.04. The van der Waals surface area contributed by atoms with Crippen molar-refractivity contribution in [3.63, 3.8) is 0 Å². The van der Waals surface area contributed by atoms with Crippen molar-refractivity contribution in [3.8, 4) is 18.1 Å². The second kappa shape index (κ2) is 4.27. The molecule has 0 amide bonds. The molecule has 13 heavy (non-hydrogen) atoms. The van der Waals surface area contributed by atoms with Gasteiger partial charge in [0.1, 0.15) is 18.2 Å². The van der Waals surface area contributed by atoms with Gasteiger partial charge < -0.3 is 4.74 Å². The molecule has 0 aliphatic carbocycles. The molecular formula is C10H7FO2. The number of rotatable bonds is 3. The molecule has 3 heteroatoms. The van der Waals surface area contributed by atoms with Gasteiger partial charge in [0, 0.05) is 6.07 Å². The molecular weight excluding hydrogens is 171 g/mol. The van der Waals surface area contributed by atoms with Crippen LogP contribution in [0.2, 0.25) is 0 Å². The molecule has 0 aromatic heterocycles. The molecule has 66 valence electrons. The van der Waals surface area contributed by atoms with Crippen LogP contribution in [0.4, 0.5) is 4.39 Å². The molecule has 0 spiro atoms. The van der Waals surface area contributed by atoms with E-state index in [2.05, 4.69) is 5.92 Å². The standard InChI is InChI=1S/C10H7FO2/c1-2-5-13-10-6-9(11)4-3-8(10)7-12/h1,3-4,6-7H,5H2. The Kier molecular flexibility index (Phi) is 3.04. The first-order valence-corrected chi connectivity index (χ1v) is 3.59. The van der Waals surface area contributed by atoms with Gasteiger partial charge in [0.25, 0.3) is 0 Å². The minimum atomic E-state index is -0.461. The van der Waals surface area contributed by atoms with Gasteiger partial charge in [-0.1, -0.05) is 5.92 Å². The summed E-state index contributed by atoms with van der Waals surface area (Å²) in [6.45, 7) is 0.0181. The smallest absolute Gasteiger partial charge is 0.153 e. The van der Waals surface area contributed by atoms with Crippen molar-refractivity contribution in [2.75, 3.05) is 6.61 Å². The molecule has 0 saturated heterocycles. The molecule has 0 fully saturated rings. The predicted octanol–water partition coefficient (Wildman–Crippen LogP) is 1.65. The molecule has 0 unspecified atom stereocenters. The number of hydrogen-bond donors (Lipinski definition) is 0. The van der Waals surface area contributed by atoms with Gasteiger partial charge in [0.15, 0.2) is 6.29 Å². The largest absolute Gasteiger partial charge is 0.480 e. The average Bonchev–Trinajstić information content (AvgIpc) is 2.15. The van der Waals surface area contributed by atoms with Crippen LogP contribution in [-0.2, 0) is 0 Å². The number of benzene rings is 1. The van der Waals surface area contributed by atoms with Gasteiger partial charge in [-0.05, 0) is 12.1 Å². The van der Waals surface area contributed by atoms with Gasteiger partial charge in [0.05, 0.1) is 5.56 Å². The summed E-state index contributed by atoms with van der Waals surface area (Å²) in [4.78, 5) is 10.4. The first-order chi connectivity index (χ1) is 6.27. The zero-order valence-electron chi connectivity index (χ0n) is 6.79. The van der Waals surface area contributed by atoms with E-state index in [-0.39, 0.29) is 17.9 Å². The van der Waals surface area contributed by atoms with E-state index in [9.17, 15) is 9.18 Å². The third kappa shape index (κ3) is 2.31. The summed E-state index contributed by atoms with van der Waals surface area (Å²) in [5, 5.41) is 0. The van der Waals surface area contributed by atoms with Gasteiger partial charge >= 0.3 is 0 Å². The Labute approximate surface area is 75.3 Å². The molecule has 0 bridgehead atoms. The molecule has 1 rings (SSSR count). The SMILES string of the molecule is C#CCOc1cc(F)ccc1C=O. The summed E-state index contributed by atoms with van der Waals surface area (Å²) < 4.78 is 17.6. The van der Waals surface area contributed by atoms with Crippen molar-refractivity contribution < 1.29 is 13.9 Å².